The van der Waals surface area contributed by atoms with E-state index in [4.69, 9.17) is 0 Å². The molecular formula is C17H36. The Morgan fingerprint density at radius 1 is 0.706 bits per heavy atom. The second kappa shape index (κ2) is 9.97. The first kappa shape index (κ1) is 17.0. The summed E-state index contributed by atoms with van der Waals surface area (Å²) >= 11 is 0. The predicted molar refractivity (Wildman–Crippen MR) is 80.3 cm³/mol. The summed E-state index contributed by atoms with van der Waals surface area (Å²) in [6, 6.07) is 0. The van der Waals surface area contributed by atoms with E-state index < -0.39 is 0 Å². The van der Waals surface area contributed by atoms with Crippen LogP contribution in [0.25, 0.3) is 0 Å². The maximum atomic E-state index is 2.50. The second-order valence-electron chi connectivity index (χ2n) is 6.40. The number of hydrogen-bond donors (Lipinski definition) is 0. The monoisotopic (exact) mass is 240 g/mol. The van der Waals surface area contributed by atoms with Crippen molar-refractivity contribution in [3.8, 4) is 0 Å². The van der Waals surface area contributed by atoms with E-state index in [2.05, 4.69) is 41.5 Å². The van der Waals surface area contributed by atoms with E-state index in [1.54, 1.807) is 0 Å². The summed E-state index contributed by atoms with van der Waals surface area (Å²) in [4.78, 5) is 0. The van der Waals surface area contributed by atoms with E-state index in [9.17, 15) is 0 Å². The first-order valence-corrected chi connectivity index (χ1v) is 8.06. The molecule has 0 aromatic carbocycles. The van der Waals surface area contributed by atoms with Crippen LogP contribution in [0.1, 0.15) is 86.5 Å². The zero-order valence-corrected chi connectivity index (χ0v) is 13.3. The van der Waals surface area contributed by atoms with Gasteiger partial charge < -0.3 is 0 Å². The summed E-state index contributed by atoms with van der Waals surface area (Å²) in [7, 11) is 0. The minimum Gasteiger partial charge on any atom is -0.0654 e. The zero-order valence-electron chi connectivity index (χ0n) is 13.3. The maximum Gasteiger partial charge on any atom is -0.0360 e. The Bertz CT molecular complexity index is 153. The molecule has 0 nitrogen and oxygen atoms in total. The lowest BCUT2D eigenvalue weighted by Crippen LogP contribution is -2.23. The van der Waals surface area contributed by atoms with Crippen LogP contribution in [-0.2, 0) is 0 Å². The predicted octanol–water partition coefficient (Wildman–Crippen LogP) is 6.30. The molecule has 0 rings (SSSR count). The lowest BCUT2D eigenvalue weighted by Gasteiger charge is -2.33. The molecule has 0 aliphatic carbocycles. The molecule has 0 saturated carbocycles. The van der Waals surface area contributed by atoms with Crippen molar-refractivity contribution in [3.05, 3.63) is 0 Å². The van der Waals surface area contributed by atoms with Gasteiger partial charge in [-0.3, -0.25) is 0 Å². The Balaban J connectivity index is 4.51. The summed E-state index contributed by atoms with van der Waals surface area (Å²) in [5.74, 6) is 3.73. The van der Waals surface area contributed by atoms with Crippen LogP contribution in [-0.4, -0.2) is 0 Å². The summed E-state index contributed by atoms with van der Waals surface area (Å²) in [6.07, 6.45) is 9.82. The van der Waals surface area contributed by atoms with Gasteiger partial charge in [0.15, 0.2) is 0 Å². The van der Waals surface area contributed by atoms with Crippen molar-refractivity contribution in [2.45, 2.75) is 86.5 Å². The van der Waals surface area contributed by atoms with Gasteiger partial charge >= 0.3 is 0 Å². The van der Waals surface area contributed by atoms with E-state index in [-0.39, 0.29) is 0 Å². The fraction of sp³-hybridized carbons (Fsp3) is 1.00. The SMILES string of the molecule is CCCC(CCC)C(CCC)C(C)CC(C)C. The van der Waals surface area contributed by atoms with Crippen LogP contribution >= 0.6 is 0 Å². The van der Waals surface area contributed by atoms with Crippen LogP contribution in [0.15, 0.2) is 0 Å². The third kappa shape index (κ3) is 7.11. The number of hydrogen-bond acceptors (Lipinski definition) is 0. The Kier molecular flexibility index (Phi) is 9.97. The first-order valence-electron chi connectivity index (χ1n) is 8.06. The second-order valence-corrected chi connectivity index (χ2v) is 6.40. The molecule has 0 aliphatic heterocycles. The molecular weight excluding hydrogens is 204 g/mol. The van der Waals surface area contributed by atoms with Crippen molar-refractivity contribution in [3.63, 3.8) is 0 Å². The summed E-state index contributed by atoms with van der Waals surface area (Å²) < 4.78 is 0. The van der Waals surface area contributed by atoms with Gasteiger partial charge in [0, 0.05) is 0 Å². The van der Waals surface area contributed by atoms with Gasteiger partial charge in [-0.15, -0.1) is 0 Å². The lowest BCUT2D eigenvalue weighted by atomic mass is 9.73. The topological polar surface area (TPSA) is 0 Å². The smallest absolute Gasteiger partial charge is 0.0360 e. The molecule has 0 bridgehead atoms. The summed E-state index contributed by atoms with van der Waals surface area (Å²) in [5.41, 5.74) is 0. The van der Waals surface area contributed by atoms with Crippen LogP contribution in [0.5, 0.6) is 0 Å². The zero-order chi connectivity index (χ0) is 13.3. The minimum absolute atomic E-state index is 0.855. The molecule has 0 heterocycles. The molecule has 0 aromatic heterocycles. The maximum absolute atomic E-state index is 2.50. The molecule has 0 saturated heterocycles. The van der Waals surface area contributed by atoms with E-state index >= 15 is 0 Å². The van der Waals surface area contributed by atoms with Gasteiger partial charge in [-0.2, -0.15) is 0 Å². The van der Waals surface area contributed by atoms with Crippen molar-refractivity contribution in [2.24, 2.45) is 23.7 Å². The average molecular weight is 240 g/mol. The molecule has 0 aliphatic rings. The Morgan fingerprint density at radius 2 is 1.18 bits per heavy atom. The van der Waals surface area contributed by atoms with Gasteiger partial charge in [-0.05, 0) is 30.1 Å². The molecule has 2 atom stereocenters. The lowest BCUT2D eigenvalue weighted by molar-refractivity contribution is 0.177. The quantitative estimate of drug-likeness (QED) is 0.420. The molecule has 0 spiro atoms. The minimum atomic E-state index is 0.855. The molecule has 0 heteroatoms. The molecule has 0 fully saturated rings. The van der Waals surface area contributed by atoms with Gasteiger partial charge in [-0.1, -0.05) is 80.1 Å². The third-order valence-electron chi connectivity index (χ3n) is 4.12. The standard InChI is InChI=1S/C17H36/c1-7-10-16(11-8-2)17(12-9-3)15(6)13-14(4)5/h14-17H,7-13H2,1-6H3. The van der Waals surface area contributed by atoms with E-state index in [0.717, 1.165) is 23.7 Å². The normalized spacial score (nSPS) is 15.5. The van der Waals surface area contributed by atoms with Gasteiger partial charge in [0.25, 0.3) is 0 Å². The Morgan fingerprint density at radius 3 is 1.53 bits per heavy atom. The fourth-order valence-corrected chi connectivity index (χ4v) is 3.55. The highest BCUT2D eigenvalue weighted by molar-refractivity contribution is 4.75. The van der Waals surface area contributed by atoms with Crippen molar-refractivity contribution in [1.82, 2.24) is 0 Å². The van der Waals surface area contributed by atoms with Crippen LogP contribution in [0.4, 0.5) is 0 Å². The summed E-state index contributed by atoms with van der Waals surface area (Å²) in [5, 5.41) is 0. The molecule has 104 valence electrons. The Labute approximate surface area is 111 Å². The fourth-order valence-electron chi connectivity index (χ4n) is 3.55. The van der Waals surface area contributed by atoms with Crippen molar-refractivity contribution < 1.29 is 0 Å². The average Bonchev–Trinajstić information content (AvgIpc) is 2.24. The van der Waals surface area contributed by atoms with Gasteiger partial charge in [0.1, 0.15) is 0 Å². The molecule has 0 N–H and O–H groups in total. The first-order chi connectivity index (χ1) is 8.06. The largest absolute Gasteiger partial charge is 0.0654 e. The van der Waals surface area contributed by atoms with Crippen LogP contribution in [0, 0.1) is 23.7 Å². The van der Waals surface area contributed by atoms with Gasteiger partial charge in [0.2, 0.25) is 0 Å². The van der Waals surface area contributed by atoms with E-state index in [0.29, 0.717) is 0 Å². The molecule has 0 amide bonds. The van der Waals surface area contributed by atoms with Crippen molar-refractivity contribution in [2.75, 3.05) is 0 Å². The molecule has 0 radical (unpaired) electrons. The highest BCUT2D eigenvalue weighted by Gasteiger charge is 2.25. The van der Waals surface area contributed by atoms with Crippen molar-refractivity contribution >= 4 is 0 Å². The van der Waals surface area contributed by atoms with Crippen LogP contribution in [0.2, 0.25) is 0 Å². The molecule has 17 heavy (non-hydrogen) atoms. The van der Waals surface area contributed by atoms with Crippen LogP contribution < -0.4 is 0 Å². The summed E-state index contributed by atoms with van der Waals surface area (Å²) in [6.45, 7) is 14.3. The van der Waals surface area contributed by atoms with E-state index in [1.165, 1.54) is 44.9 Å². The van der Waals surface area contributed by atoms with E-state index in [1.807, 2.05) is 0 Å². The van der Waals surface area contributed by atoms with Crippen LogP contribution in [0.3, 0.4) is 0 Å². The highest BCUT2D eigenvalue weighted by Crippen LogP contribution is 2.35. The Hall–Kier alpha value is 0. The molecule has 0 aromatic rings. The van der Waals surface area contributed by atoms with Gasteiger partial charge in [-0.25, -0.2) is 0 Å². The third-order valence-corrected chi connectivity index (χ3v) is 4.12. The number of rotatable bonds is 10. The molecule has 2 unspecified atom stereocenters. The van der Waals surface area contributed by atoms with Gasteiger partial charge in [0.05, 0.1) is 0 Å². The van der Waals surface area contributed by atoms with Crippen molar-refractivity contribution in [1.29, 1.82) is 0 Å². The highest BCUT2D eigenvalue weighted by atomic mass is 14.3.